The third kappa shape index (κ3) is 4.28. The molecule has 1 aromatic heterocycles. The van der Waals surface area contributed by atoms with Gasteiger partial charge in [-0.25, -0.2) is 4.68 Å². The molecule has 1 saturated heterocycles. The number of hydrogen-bond acceptors (Lipinski definition) is 4. The molecule has 7 heteroatoms. The van der Waals surface area contributed by atoms with Crippen molar-refractivity contribution in [2.75, 3.05) is 39.4 Å². The lowest BCUT2D eigenvalue weighted by Crippen LogP contribution is -3.14. The number of carbonyl (C=O) groups excluding carboxylic acids is 1. The molecule has 2 N–H and O–H groups in total. The summed E-state index contributed by atoms with van der Waals surface area (Å²) in [6.07, 6.45) is 1.82. The molecule has 0 unspecified atom stereocenters. The highest BCUT2D eigenvalue weighted by atomic mass is 16.5. The summed E-state index contributed by atoms with van der Waals surface area (Å²) < 4.78 is 6.78. The van der Waals surface area contributed by atoms with Gasteiger partial charge in [-0.3, -0.25) is 9.59 Å². The Morgan fingerprint density at radius 3 is 2.73 bits per heavy atom. The molecule has 0 aliphatic carbocycles. The van der Waals surface area contributed by atoms with Gasteiger partial charge in [0.25, 0.3) is 11.5 Å². The van der Waals surface area contributed by atoms with Crippen LogP contribution in [-0.4, -0.2) is 55.1 Å². The Labute approximate surface area is 152 Å². The highest BCUT2D eigenvalue weighted by Gasteiger charge is 2.18. The SMILES string of the molecule is CCCCn1nc(C(=O)NCC[NH+]2CCOCC2)c2ccccc2c1=O. The van der Waals surface area contributed by atoms with Crippen LogP contribution in [-0.2, 0) is 11.3 Å². The monoisotopic (exact) mass is 359 g/mol. The van der Waals surface area contributed by atoms with Crippen LogP contribution in [0.5, 0.6) is 0 Å². The number of amides is 1. The van der Waals surface area contributed by atoms with E-state index in [0.29, 0.717) is 29.6 Å². The Morgan fingerprint density at radius 2 is 2.00 bits per heavy atom. The number of carbonyl (C=O) groups is 1. The van der Waals surface area contributed by atoms with Gasteiger partial charge in [-0.05, 0) is 12.5 Å². The third-order valence-electron chi connectivity index (χ3n) is 4.77. The normalized spacial score (nSPS) is 15.3. The molecule has 0 bridgehead atoms. The molecular weight excluding hydrogens is 332 g/mol. The molecule has 0 radical (unpaired) electrons. The Bertz CT molecular complexity index is 812. The molecule has 3 rings (SSSR count). The van der Waals surface area contributed by atoms with E-state index in [4.69, 9.17) is 4.74 Å². The van der Waals surface area contributed by atoms with Crippen molar-refractivity contribution in [1.29, 1.82) is 0 Å². The van der Waals surface area contributed by atoms with Gasteiger partial charge >= 0.3 is 0 Å². The zero-order valence-corrected chi connectivity index (χ0v) is 15.3. The number of aromatic nitrogens is 2. The third-order valence-corrected chi connectivity index (χ3v) is 4.77. The summed E-state index contributed by atoms with van der Waals surface area (Å²) in [5.74, 6) is -0.223. The van der Waals surface area contributed by atoms with E-state index in [2.05, 4.69) is 17.3 Å². The molecule has 1 aromatic carbocycles. The number of nitrogens with zero attached hydrogens (tertiary/aromatic N) is 2. The van der Waals surface area contributed by atoms with E-state index in [1.54, 1.807) is 12.1 Å². The second kappa shape index (κ2) is 8.91. The fourth-order valence-corrected chi connectivity index (χ4v) is 3.21. The first-order valence-corrected chi connectivity index (χ1v) is 9.40. The minimum absolute atomic E-state index is 0.136. The fourth-order valence-electron chi connectivity index (χ4n) is 3.21. The fraction of sp³-hybridized carbons (Fsp3) is 0.526. The van der Waals surface area contributed by atoms with Crippen LogP contribution in [0.2, 0.25) is 0 Å². The topological polar surface area (TPSA) is 77.7 Å². The minimum atomic E-state index is -0.223. The van der Waals surface area contributed by atoms with Gasteiger partial charge < -0.3 is 15.0 Å². The number of quaternary nitrogens is 1. The van der Waals surface area contributed by atoms with Crippen molar-refractivity contribution in [2.24, 2.45) is 0 Å². The standard InChI is InChI=1S/C19H26N4O3/c1-2-3-9-23-19(25)16-7-5-4-6-15(16)17(21-23)18(24)20-8-10-22-11-13-26-14-12-22/h4-7H,2-3,8-14H2,1H3,(H,20,24)/p+1. The zero-order valence-electron chi connectivity index (χ0n) is 15.3. The molecule has 140 valence electrons. The first kappa shape index (κ1) is 18.5. The van der Waals surface area contributed by atoms with Crippen molar-refractivity contribution in [3.05, 3.63) is 40.3 Å². The summed E-state index contributed by atoms with van der Waals surface area (Å²) in [6.45, 7) is 7.53. The van der Waals surface area contributed by atoms with Gasteiger partial charge in [0.2, 0.25) is 0 Å². The van der Waals surface area contributed by atoms with Gasteiger partial charge in [-0.15, -0.1) is 0 Å². The van der Waals surface area contributed by atoms with Crippen LogP contribution in [0, 0.1) is 0 Å². The van der Waals surface area contributed by atoms with E-state index in [-0.39, 0.29) is 11.5 Å². The van der Waals surface area contributed by atoms with E-state index in [0.717, 1.165) is 45.7 Å². The Kier molecular flexibility index (Phi) is 6.35. The van der Waals surface area contributed by atoms with Crippen LogP contribution >= 0.6 is 0 Å². The number of nitrogens with one attached hydrogen (secondary N) is 2. The van der Waals surface area contributed by atoms with Crippen molar-refractivity contribution in [2.45, 2.75) is 26.3 Å². The summed E-state index contributed by atoms with van der Waals surface area (Å²) in [7, 11) is 0. The average Bonchev–Trinajstić information content (AvgIpc) is 2.68. The highest BCUT2D eigenvalue weighted by Crippen LogP contribution is 2.13. The smallest absolute Gasteiger partial charge is 0.274 e. The molecule has 0 saturated carbocycles. The van der Waals surface area contributed by atoms with Crippen LogP contribution < -0.4 is 15.8 Å². The van der Waals surface area contributed by atoms with Gasteiger partial charge in [0.15, 0.2) is 5.69 Å². The average molecular weight is 359 g/mol. The number of morpholine rings is 1. The molecular formula is C19H27N4O3+. The molecule has 1 amide bonds. The van der Waals surface area contributed by atoms with Gasteiger partial charge in [0.05, 0.1) is 31.7 Å². The number of rotatable bonds is 7. The van der Waals surface area contributed by atoms with Gasteiger partial charge in [-0.2, -0.15) is 5.10 Å². The summed E-state index contributed by atoms with van der Waals surface area (Å²) >= 11 is 0. The van der Waals surface area contributed by atoms with Gasteiger partial charge in [-0.1, -0.05) is 31.5 Å². The largest absolute Gasteiger partial charge is 0.370 e. The van der Waals surface area contributed by atoms with Crippen molar-refractivity contribution < 1.29 is 14.4 Å². The van der Waals surface area contributed by atoms with E-state index >= 15 is 0 Å². The summed E-state index contributed by atoms with van der Waals surface area (Å²) in [4.78, 5) is 26.7. The van der Waals surface area contributed by atoms with Crippen LogP contribution in [0.3, 0.4) is 0 Å². The van der Waals surface area contributed by atoms with Crippen molar-refractivity contribution in [3.63, 3.8) is 0 Å². The summed E-state index contributed by atoms with van der Waals surface area (Å²) in [5, 5.41) is 8.49. The lowest BCUT2D eigenvalue weighted by molar-refractivity contribution is -0.906. The number of aryl methyl sites for hydroxylation is 1. The lowest BCUT2D eigenvalue weighted by Gasteiger charge is -2.23. The molecule has 1 fully saturated rings. The minimum Gasteiger partial charge on any atom is -0.370 e. The van der Waals surface area contributed by atoms with E-state index < -0.39 is 0 Å². The zero-order chi connectivity index (χ0) is 18.4. The molecule has 2 aromatic rings. The Morgan fingerprint density at radius 1 is 1.27 bits per heavy atom. The number of unbranched alkanes of at least 4 members (excludes halogenated alkanes) is 1. The van der Waals surface area contributed by atoms with E-state index in [9.17, 15) is 9.59 Å². The maximum atomic E-state index is 12.7. The van der Waals surface area contributed by atoms with Gasteiger partial charge in [0.1, 0.15) is 13.1 Å². The first-order valence-electron chi connectivity index (χ1n) is 9.40. The molecule has 1 aliphatic heterocycles. The van der Waals surface area contributed by atoms with E-state index in [1.807, 2.05) is 12.1 Å². The van der Waals surface area contributed by atoms with Crippen molar-refractivity contribution in [1.82, 2.24) is 15.1 Å². The number of fused-ring (bicyclic) bond motifs is 1. The molecule has 2 heterocycles. The second-order valence-corrected chi connectivity index (χ2v) is 6.64. The summed E-state index contributed by atoms with van der Waals surface area (Å²) in [5.41, 5.74) is 0.191. The predicted octanol–water partition coefficient (Wildman–Crippen LogP) is -0.158. The second-order valence-electron chi connectivity index (χ2n) is 6.64. The number of hydrogen-bond donors (Lipinski definition) is 2. The summed E-state index contributed by atoms with van der Waals surface area (Å²) in [6, 6.07) is 7.19. The van der Waals surface area contributed by atoms with Crippen LogP contribution in [0.15, 0.2) is 29.1 Å². The molecule has 7 nitrogen and oxygen atoms in total. The molecule has 0 atom stereocenters. The molecule has 0 spiro atoms. The first-order chi connectivity index (χ1) is 12.7. The number of benzene rings is 1. The van der Waals surface area contributed by atoms with Gasteiger partial charge in [0, 0.05) is 11.9 Å². The van der Waals surface area contributed by atoms with Crippen LogP contribution in [0.1, 0.15) is 30.3 Å². The molecule has 26 heavy (non-hydrogen) atoms. The Balaban J connectivity index is 1.77. The maximum Gasteiger partial charge on any atom is 0.274 e. The van der Waals surface area contributed by atoms with Crippen molar-refractivity contribution >= 4 is 16.7 Å². The Hall–Kier alpha value is -2.25. The van der Waals surface area contributed by atoms with Crippen molar-refractivity contribution in [3.8, 4) is 0 Å². The van der Waals surface area contributed by atoms with E-state index in [1.165, 1.54) is 9.58 Å². The molecule has 1 aliphatic rings. The predicted molar refractivity (Wildman–Crippen MR) is 99.6 cm³/mol. The van der Waals surface area contributed by atoms with Crippen LogP contribution in [0.25, 0.3) is 10.8 Å². The number of ether oxygens (including phenoxy) is 1. The maximum absolute atomic E-state index is 12.7. The highest BCUT2D eigenvalue weighted by molar-refractivity contribution is 6.04. The van der Waals surface area contributed by atoms with Crippen LogP contribution in [0.4, 0.5) is 0 Å². The quantitative estimate of drug-likeness (QED) is 0.720. The lowest BCUT2D eigenvalue weighted by atomic mass is 10.1.